The van der Waals surface area contributed by atoms with Crippen molar-refractivity contribution in [3.63, 3.8) is 0 Å². The van der Waals surface area contributed by atoms with Crippen molar-refractivity contribution in [2.75, 3.05) is 32.7 Å². The monoisotopic (exact) mass is 421 g/mol. The standard InChI is InChI=1S/C17H31N.C6H12N.C5H7.Li/c1-4-16(2)10-9-11-17(3)12-15-18-13-7-5-6-8-14-18;1-2-4-6-7-5-3-1;1-4-5(2)3;/h10,12H,4-9,11,13-15H2,1-3H3;1-6H2;1,4H,2H2,3H3;/q;-1;2*+1/b16-10+,17-12+;;;. The Kier molecular flexibility index (Phi) is 25.3. The summed E-state index contributed by atoms with van der Waals surface area (Å²) in [5.74, 6) is 0. The van der Waals surface area contributed by atoms with Gasteiger partial charge in [-0.25, -0.2) is 0 Å². The number of hydrogen-bond donors (Lipinski definition) is 0. The average Bonchev–Trinajstić information content (AvgIpc) is 3.20. The zero-order chi connectivity index (χ0) is 22.5. The maximum absolute atomic E-state index is 4.95. The van der Waals surface area contributed by atoms with Gasteiger partial charge in [0.2, 0.25) is 0 Å². The van der Waals surface area contributed by atoms with Crippen LogP contribution in [0.4, 0.5) is 0 Å². The van der Waals surface area contributed by atoms with Gasteiger partial charge in [0, 0.05) is 20.0 Å². The summed E-state index contributed by atoms with van der Waals surface area (Å²) < 4.78 is 0. The Morgan fingerprint density at radius 2 is 1.39 bits per heavy atom. The minimum atomic E-state index is 0. The molecule has 172 valence electrons. The Hall–Kier alpha value is -0.613. The molecule has 0 aromatic carbocycles. The molecule has 2 fully saturated rings. The van der Waals surface area contributed by atoms with Crippen molar-refractivity contribution in [1.29, 1.82) is 0 Å². The summed E-state index contributed by atoms with van der Waals surface area (Å²) in [6.45, 7) is 23.1. The number of allylic oxidation sites excluding steroid dienone is 5. The van der Waals surface area contributed by atoms with Crippen molar-refractivity contribution in [2.24, 2.45) is 0 Å². The minimum Gasteiger partial charge on any atom is -0.662 e. The molecule has 0 spiro atoms. The Bertz CT molecular complexity index is 466. The summed E-state index contributed by atoms with van der Waals surface area (Å²) in [6.07, 6.45) is 21.1. The van der Waals surface area contributed by atoms with Crippen LogP contribution in [0.2, 0.25) is 0 Å². The number of likely N-dealkylation sites (tertiary alicyclic amines) is 1. The molecule has 0 N–H and O–H groups in total. The Morgan fingerprint density at radius 3 is 1.87 bits per heavy atom. The first-order valence-electron chi connectivity index (χ1n) is 12.4. The van der Waals surface area contributed by atoms with Gasteiger partial charge in [0.05, 0.1) is 5.57 Å². The molecule has 2 aliphatic heterocycles. The molecule has 0 amide bonds. The first-order chi connectivity index (χ1) is 14.5. The van der Waals surface area contributed by atoms with Gasteiger partial charge < -0.3 is 5.32 Å². The molecule has 2 nitrogen and oxygen atoms in total. The fraction of sp³-hybridized carbons (Fsp3) is 0.714. The van der Waals surface area contributed by atoms with Crippen molar-refractivity contribution in [2.45, 2.75) is 98.3 Å². The van der Waals surface area contributed by atoms with E-state index in [0.717, 1.165) is 18.7 Å². The number of rotatable bonds is 7. The maximum atomic E-state index is 4.95. The van der Waals surface area contributed by atoms with E-state index < -0.39 is 0 Å². The zero-order valence-electron chi connectivity index (χ0n) is 21.7. The molecule has 2 saturated heterocycles. The first kappa shape index (κ1) is 32.6. The third kappa shape index (κ3) is 23.9. The van der Waals surface area contributed by atoms with Gasteiger partial charge >= 0.3 is 18.9 Å². The summed E-state index contributed by atoms with van der Waals surface area (Å²) >= 11 is 0. The molecule has 0 saturated carbocycles. The van der Waals surface area contributed by atoms with E-state index in [0.29, 0.717) is 0 Å². The molecule has 3 heteroatoms. The van der Waals surface area contributed by atoms with Gasteiger partial charge in [-0.3, -0.25) is 4.90 Å². The van der Waals surface area contributed by atoms with Crippen LogP contribution in [0.1, 0.15) is 98.3 Å². The number of nitrogens with zero attached hydrogens (tertiary/aromatic N) is 2. The van der Waals surface area contributed by atoms with Gasteiger partial charge in [0.1, 0.15) is 0 Å². The van der Waals surface area contributed by atoms with E-state index in [-0.39, 0.29) is 18.9 Å². The molecule has 0 aromatic rings. The molecule has 0 atom stereocenters. The summed E-state index contributed by atoms with van der Waals surface area (Å²) in [6, 6.07) is 0. The van der Waals surface area contributed by atoms with Crippen molar-refractivity contribution in [1.82, 2.24) is 4.90 Å². The summed E-state index contributed by atoms with van der Waals surface area (Å²) in [7, 11) is 0. The van der Waals surface area contributed by atoms with Crippen LogP contribution in [0.5, 0.6) is 0 Å². The van der Waals surface area contributed by atoms with E-state index in [1.54, 1.807) is 5.57 Å². The predicted octanol–water partition coefficient (Wildman–Crippen LogP) is 5.43. The fourth-order valence-corrected chi connectivity index (χ4v) is 3.31. The van der Waals surface area contributed by atoms with E-state index in [1.807, 2.05) is 6.92 Å². The predicted molar refractivity (Wildman–Crippen MR) is 137 cm³/mol. The molecule has 2 aliphatic rings. The topological polar surface area (TPSA) is 17.3 Å². The maximum Gasteiger partial charge on any atom is 1.00 e. The van der Waals surface area contributed by atoms with Crippen LogP contribution in [-0.4, -0.2) is 37.6 Å². The van der Waals surface area contributed by atoms with Crippen molar-refractivity contribution in [3.8, 4) is 0 Å². The normalized spacial score (nSPS) is 18.0. The molecule has 0 bridgehead atoms. The summed E-state index contributed by atoms with van der Waals surface area (Å²) in [5, 5.41) is 4.27. The second-order valence-corrected chi connectivity index (χ2v) is 8.81. The van der Waals surface area contributed by atoms with E-state index in [9.17, 15) is 0 Å². The molecule has 31 heavy (non-hydrogen) atoms. The number of hydrogen-bond acceptors (Lipinski definition) is 1. The van der Waals surface area contributed by atoms with Gasteiger partial charge in [-0.1, -0.05) is 68.7 Å². The van der Waals surface area contributed by atoms with E-state index in [1.165, 1.54) is 102 Å². The molecule has 0 radical (unpaired) electrons. The van der Waals surface area contributed by atoms with Crippen LogP contribution in [0.3, 0.4) is 0 Å². The van der Waals surface area contributed by atoms with Crippen LogP contribution in [0, 0.1) is 6.58 Å². The molecule has 0 unspecified atom stereocenters. The minimum absolute atomic E-state index is 0. The second-order valence-electron chi connectivity index (χ2n) is 8.81. The van der Waals surface area contributed by atoms with Gasteiger partial charge in [-0.05, 0) is 65.6 Å². The van der Waals surface area contributed by atoms with Crippen molar-refractivity contribution in [3.05, 3.63) is 53.4 Å². The Morgan fingerprint density at radius 1 is 0.871 bits per heavy atom. The van der Waals surface area contributed by atoms with E-state index in [4.69, 9.17) is 6.58 Å². The molecular weight excluding hydrogens is 371 g/mol. The largest absolute Gasteiger partial charge is 1.00 e. The summed E-state index contributed by atoms with van der Waals surface area (Å²) in [4.78, 5) is 2.61. The second kappa shape index (κ2) is 24.0. The summed E-state index contributed by atoms with van der Waals surface area (Å²) in [5.41, 5.74) is 3.99. The molecule has 0 aliphatic carbocycles. The van der Waals surface area contributed by atoms with Gasteiger partial charge in [-0.2, -0.15) is 0 Å². The van der Waals surface area contributed by atoms with Crippen LogP contribution in [-0.2, 0) is 0 Å². The molecule has 2 heterocycles. The van der Waals surface area contributed by atoms with E-state index in [2.05, 4.69) is 49.7 Å². The molecule has 0 aromatic heterocycles. The third-order valence-corrected chi connectivity index (χ3v) is 5.65. The van der Waals surface area contributed by atoms with Crippen molar-refractivity contribution >= 4 is 0 Å². The van der Waals surface area contributed by atoms with Crippen LogP contribution in [0.15, 0.2) is 41.5 Å². The molecular formula is C28H50LiN2+. The van der Waals surface area contributed by atoms with Crippen LogP contribution >= 0.6 is 0 Å². The zero-order valence-corrected chi connectivity index (χ0v) is 21.7. The first-order valence-corrected chi connectivity index (χ1v) is 12.4. The Labute approximate surface area is 207 Å². The van der Waals surface area contributed by atoms with Gasteiger partial charge in [0.15, 0.2) is 6.08 Å². The Balaban J connectivity index is 0. The van der Waals surface area contributed by atoms with Crippen LogP contribution in [0.25, 0.3) is 5.32 Å². The SMILES string of the molecule is C1CCC[N-]CC1.CC/C(C)=C/CC/C(C)=C/CN1CCCCCC1.[CH+]=CC(=C)C.[Li+]. The quantitative estimate of drug-likeness (QED) is 0.232. The third-order valence-electron chi connectivity index (χ3n) is 5.65. The van der Waals surface area contributed by atoms with Gasteiger partial charge in [0.25, 0.3) is 0 Å². The van der Waals surface area contributed by atoms with Crippen molar-refractivity contribution < 1.29 is 18.9 Å². The molecule has 2 rings (SSSR count). The smallest absolute Gasteiger partial charge is 0.662 e. The average molecular weight is 422 g/mol. The fourth-order valence-electron chi connectivity index (χ4n) is 3.31. The van der Waals surface area contributed by atoms with Crippen LogP contribution < -0.4 is 18.9 Å². The van der Waals surface area contributed by atoms with Gasteiger partial charge in [-0.15, -0.1) is 13.1 Å². The van der Waals surface area contributed by atoms with E-state index >= 15 is 0 Å².